The van der Waals surface area contributed by atoms with Crippen molar-refractivity contribution in [2.24, 2.45) is 0 Å². The van der Waals surface area contributed by atoms with Gasteiger partial charge in [-0.05, 0) is 0 Å². The Hall–Kier alpha value is -0.300. The minimum atomic E-state index is 0.420. The highest BCUT2D eigenvalue weighted by Gasteiger charge is 1.64. The van der Waals surface area contributed by atoms with Gasteiger partial charge in [0.25, 0.3) is 0 Å². The highest BCUT2D eigenvalue weighted by Crippen LogP contribution is 1.78. The van der Waals surface area contributed by atoms with Gasteiger partial charge in [-0.2, -0.15) is 0 Å². The van der Waals surface area contributed by atoms with E-state index in [-0.39, 0.29) is 0 Å². The molecule has 0 aliphatic carbocycles. The molecule has 1 nitrogen and oxygen atoms in total. The largest absolute Gasteiger partial charge is 0.303 e. The van der Waals surface area contributed by atoms with Crippen molar-refractivity contribution >= 4 is 17.9 Å². The normalized spacial score (nSPS) is 9.50. The van der Waals surface area contributed by atoms with E-state index in [4.69, 9.17) is 11.6 Å². The molecule has 0 heterocycles. The average Bonchev–Trinajstić information content (AvgIpc) is 1.61. The Morgan fingerprint density at radius 3 is 2.50 bits per heavy atom. The maximum atomic E-state index is 9.45. The van der Waals surface area contributed by atoms with Gasteiger partial charge in [-0.25, -0.2) is 0 Å². The lowest BCUT2D eigenvalue weighted by Gasteiger charge is -1.64. The molecule has 0 atom stereocenters. The van der Waals surface area contributed by atoms with Crippen molar-refractivity contribution in [1.29, 1.82) is 0 Å². The number of rotatable bonds is 2. The van der Waals surface area contributed by atoms with E-state index in [9.17, 15) is 4.79 Å². The molecule has 0 fully saturated rings. The first-order chi connectivity index (χ1) is 2.91. The van der Waals surface area contributed by atoms with E-state index in [1.54, 1.807) is 6.08 Å². The molecule has 0 aromatic rings. The van der Waals surface area contributed by atoms with E-state index in [1.165, 1.54) is 5.54 Å². The van der Waals surface area contributed by atoms with E-state index >= 15 is 0 Å². The van der Waals surface area contributed by atoms with Crippen molar-refractivity contribution in [3.8, 4) is 0 Å². The van der Waals surface area contributed by atoms with Gasteiger partial charge in [0.2, 0.25) is 0 Å². The maximum Gasteiger partial charge on any atom is 0.123 e. The van der Waals surface area contributed by atoms with Crippen LogP contribution in [0.15, 0.2) is 11.6 Å². The van der Waals surface area contributed by atoms with Crippen molar-refractivity contribution in [1.82, 2.24) is 0 Å². The van der Waals surface area contributed by atoms with Crippen LogP contribution in [0.2, 0.25) is 0 Å². The number of carbonyl (C=O) groups is 1. The fraction of sp³-hybridized carbons (Fsp3) is 0.250. The molecule has 0 aromatic heterocycles. The van der Waals surface area contributed by atoms with Crippen LogP contribution in [-0.4, -0.2) is 6.29 Å². The van der Waals surface area contributed by atoms with Crippen LogP contribution in [0.1, 0.15) is 6.42 Å². The summed E-state index contributed by atoms with van der Waals surface area (Å²) in [6, 6.07) is 0. The third kappa shape index (κ3) is 3.70. The molecular weight excluding hydrogens is 99.5 g/mol. The zero-order chi connectivity index (χ0) is 4.83. The van der Waals surface area contributed by atoms with Crippen LogP contribution < -0.4 is 0 Å². The fourth-order valence-electron chi connectivity index (χ4n) is 0.107. The fourth-order valence-corrected chi connectivity index (χ4v) is 0.210. The quantitative estimate of drug-likeness (QED) is 0.483. The summed E-state index contributed by atoms with van der Waals surface area (Å²) < 4.78 is 0. The predicted octanol–water partition coefficient (Wildman–Crippen LogP) is 1.33. The highest BCUT2D eigenvalue weighted by molar-refractivity contribution is 6.25. The Morgan fingerprint density at radius 1 is 1.67 bits per heavy atom. The Bertz CT molecular complexity index is 58.6. The third-order valence-electron chi connectivity index (χ3n) is 0.321. The van der Waals surface area contributed by atoms with Gasteiger partial charge in [-0.3, -0.25) is 0 Å². The molecule has 0 radical (unpaired) electrons. The molecular formula is C4H5ClO. The summed E-state index contributed by atoms with van der Waals surface area (Å²) in [4.78, 5) is 9.45. The number of aldehydes is 1. The van der Waals surface area contributed by atoms with Crippen LogP contribution >= 0.6 is 11.6 Å². The van der Waals surface area contributed by atoms with E-state index in [1.807, 2.05) is 0 Å². The highest BCUT2D eigenvalue weighted by atomic mass is 35.5. The van der Waals surface area contributed by atoms with E-state index in [0.717, 1.165) is 6.29 Å². The average molecular weight is 105 g/mol. The van der Waals surface area contributed by atoms with Gasteiger partial charge in [0.05, 0.1) is 0 Å². The first-order valence-corrected chi connectivity index (χ1v) is 2.04. The zero-order valence-corrected chi connectivity index (χ0v) is 3.98. The van der Waals surface area contributed by atoms with Crippen LogP contribution in [-0.2, 0) is 4.79 Å². The van der Waals surface area contributed by atoms with Crippen LogP contribution in [0.4, 0.5) is 0 Å². The lowest BCUT2D eigenvalue weighted by Crippen LogP contribution is -1.60. The molecule has 0 rings (SSSR count). The molecule has 0 unspecified atom stereocenters. The molecule has 2 heteroatoms. The summed E-state index contributed by atoms with van der Waals surface area (Å²) >= 11 is 5.04. The predicted molar refractivity (Wildman–Crippen MR) is 25.7 cm³/mol. The number of hydrogen-bond acceptors (Lipinski definition) is 1. The summed E-state index contributed by atoms with van der Waals surface area (Å²) in [5, 5.41) is 0. The van der Waals surface area contributed by atoms with E-state index in [2.05, 4.69) is 0 Å². The smallest absolute Gasteiger partial charge is 0.123 e. The minimum absolute atomic E-state index is 0.420. The monoisotopic (exact) mass is 104 g/mol. The van der Waals surface area contributed by atoms with Gasteiger partial charge in [-0.15, -0.1) is 0 Å². The molecule has 0 saturated heterocycles. The van der Waals surface area contributed by atoms with Crippen molar-refractivity contribution in [2.45, 2.75) is 6.42 Å². The van der Waals surface area contributed by atoms with Crippen molar-refractivity contribution < 1.29 is 4.79 Å². The number of carbonyl (C=O) groups excluding carboxylic acids is 1. The summed E-state index contributed by atoms with van der Waals surface area (Å²) in [6.07, 6.45) is 2.79. The Morgan fingerprint density at radius 2 is 2.33 bits per heavy atom. The first kappa shape index (κ1) is 5.70. The summed E-state index contributed by atoms with van der Waals surface area (Å²) in [6.45, 7) is 0. The summed E-state index contributed by atoms with van der Waals surface area (Å²) in [7, 11) is 0. The van der Waals surface area contributed by atoms with Gasteiger partial charge < -0.3 is 4.79 Å². The third-order valence-corrected chi connectivity index (χ3v) is 0.500. The summed E-state index contributed by atoms with van der Waals surface area (Å²) in [5.41, 5.74) is 1.33. The van der Waals surface area contributed by atoms with Gasteiger partial charge in [0, 0.05) is 12.0 Å². The number of allylic oxidation sites excluding steroid dienone is 1. The maximum absolute atomic E-state index is 9.45. The second-order valence-corrected chi connectivity index (χ2v) is 1.02. The van der Waals surface area contributed by atoms with Crippen molar-refractivity contribution in [3.05, 3.63) is 11.6 Å². The van der Waals surface area contributed by atoms with Crippen LogP contribution in [0.25, 0.3) is 0 Å². The Balaban J connectivity index is 2.85. The number of halogens is 1. The molecule has 0 amide bonds. The molecule has 6 heavy (non-hydrogen) atoms. The molecule has 0 aliphatic rings. The van der Waals surface area contributed by atoms with Crippen LogP contribution in [0, 0.1) is 0 Å². The molecule has 34 valence electrons. The molecule has 0 spiro atoms. The van der Waals surface area contributed by atoms with E-state index in [0.29, 0.717) is 6.42 Å². The van der Waals surface area contributed by atoms with Crippen LogP contribution in [0.5, 0.6) is 0 Å². The lowest BCUT2D eigenvalue weighted by molar-refractivity contribution is -0.107. The van der Waals surface area contributed by atoms with Gasteiger partial charge in [0.1, 0.15) is 6.29 Å². The Labute approximate surface area is 41.6 Å². The van der Waals surface area contributed by atoms with Crippen LogP contribution in [0.3, 0.4) is 0 Å². The van der Waals surface area contributed by atoms with Gasteiger partial charge in [-0.1, -0.05) is 17.7 Å². The molecule has 0 bridgehead atoms. The Kier molecular flexibility index (Phi) is 4.47. The first-order valence-electron chi connectivity index (χ1n) is 1.60. The standard InChI is InChI=1S/C4H5ClO/c5-3-1-2-4-6/h1,3-4H,2H2. The summed E-state index contributed by atoms with van der Waals surface area (Å²) in [5.74, 6) is 0. The van der Waals surface area contributed by atoms with Crippen molar-refractivity contribution in [2.75, 3.05) is 0 Å². The lowest BCUT2D eigenvalue weighted by atomic mass is 10.5. The topological polar surface area (TPSA) is 17.1 Å². The second-order valence-electron chi connectivity index (χ2n) is 0.764. The second kappa shape index (κ2) is 4.70. The molecule has 0 N–H and O–H groups in total. The van der Waals surface area contributed by atoms with Gasteiger partial charge in [0.15, 0.2) is 0 Å². The van der Waals surface area contributed by atoms with Gasteiger partial charge >= 0.3 is 0 Å². The van der Waals surface area contributed by atoms with E-state index < -0.39 is 0 Å². The molecule has 0 saturated carbocycles. The SMILES string of the molecule is O=CCC=CCl. The molecule has 0 aromatic carbocycles. The number of hydrogen-bond donors (Lipinski definition) is 0. The molecule has 0 aliphatic heterocycles. The van der Waals surface area contributed by atoms with Crippen molar-refractivity contribution in [3.63, 3.8) is 0 Å². The zero-order valence-electron chi connectivity index (χ0n) is 3.23. The minimum Gasteiger partial charge on any atom is -0.303 e.